The molecule has 0 spiro atoms. The van der Waals surface area contributed by atoms with Gasteiger partial charge in [0.15, 0.2) is 17.3 Å². The van der Waals surface area contributed by atoms with Crippen LogP contribution in [0.2, 0.25) is 15.1 Å². The quantitative estimate of drug-likeness (QED) is 0.0229. The van der Waals surface area contributed by atoms with Crippen LogP contribution in [0.3, 0.4) is 0 Å². The summed E-state index contributed by atoms with van der Waals surface area (Å²) in [4.78, 5) is 58.1. The van der Waals surface area contributed by atoms with E-state index in [9.17, 15) is 51.7 Å². The Bertz CT molecular complexity index is 4280. The van der Waals surface area contributed by atoms with Crippen molar-refractivity contribution in [1.82, 2.24) is 29.2 Å². The molecular weight excluding hydrogens is 1540 g/mol. The molecule has 5 N–H and O–H groups in total. The maximum absolute atomic E-state index is 13.3. The molecule has 3 saturated heterocycles. The molecule has 9 atom stereocenters. The van der Waals surface area contributed by atoms with Crippen LogP contribution in [-0.4, -0.2) is 163 Å². The summed E-state index contributed by atoms with van der Waals surface area (Å²) >= 11 is 22.1. The molecule has 600 valence electrons. The van der Waals surface area contributed by atoms with Crippen LogP contribution < -0.4 is 5.32 Å². The second-order valence-electron chi connectivity index (χ2n) is 32.8. The van der Waals surface area contributed by atoms with Crippen LogP contribution in [0.1, 0.15) is 232 Å². The molecule has 3 aliphatic heterocycles. The third-order valence-electron chi connectivity index (χ3n) is 22.6. The molecule has 6 heterocycles. The van der Waals surface area contributed by atoms with Gasteiger partial charge in [0.1, 0.15) is 12.3 Å². The van der Waals surface area contributed by atoms with Crippen molar-refractivity contribution in [2.45, 2.75) is 261 Å². The van der Waals surface area contributed by atoms with Crippen molar-refractivity contribution in [2.75, 3.05) is 51.5 Å². The zero-order valence-corrected chi connectivity index (χ0v) is 69.5. The van der Waals surface area contributed by atoms with Gasteiger partial charge in [-0.3, -0.25) is 27.9 Å². The number of fused-ring (bicyclic) bond motifs is 3. The molecule has 7 aromatic rings. The number of hydrogen-bond donors (Lipinski definition) is 5. The monoisotopic (exact) mass is 1650 g/mol. The minimum absolute atomic E-state index is 0.0375. The van der Waals surface area contributed by atoms with E-state index in [1.165, 1.54) is 31.4 Å². The number of aromatic nitrogens is 3. The zero-order valence-electron chi connectivity index (χ0n) is 64.8. The number of hydrogen-bond acceptors (Lipinski definition) is 13. The standard InChI is InChI=1S/C25H34ClFN2O2.C23H31ClN2O2.C18H22ClNO2.C17H25NO5S.C2H4BrF/c1-18-5-3-10-25(31,15-18)11-9-23(30)20-17-29(22-8-2-7-21(26)24(20)22)16-19-6-4-13-28(19)14-12-27;1-16-5-3-10-23(28,13-16)11-9-21(27)18-15-26(14-17-6-4-12-25-17)20-8-2-7-19(24)22(18)20;1-12-4-3-8-18(22,10-12)9-7-16(21)13-11-20-15-6-2-5-14(19)17(13)15;1-13-7-9-15(10-8-13)24(20,21)22-12-14-6-5-11-18(14)16(19)23-17(2,3)4;3-1-2-4/h2,7-8,17-19,31H,3-6,9-16H2,1H3;2,7-8,15-17,25,28H,3-6,9-14H2,1H3;2,5-6,11-12,20,22H,3-4,7-10H2,1H3;7-10,14H,5-6,11-12H2,1-4H3;1-2H2. The van der Waals surface area contributed by atoms with Gasteiger partial charge in [0.25, 0.3) is 10.1 Å². The Morgan fingerprint density at radius 3 is 1.56 bits per heavy atom. The SMILES string of the molecule is CC1CCCC(O)(CCC(=O)c2c[nH]c3cccc(Cl)c23)C1.CC1CCCC(O)(CCC(=O)c2cn(CC3CCCN3)c3cccc(Cl)c23)C1.CC1CCCC(O)(CCC(=O)c2cn(CC3CCCN3CCF)c3cccc(Cl)c23)C1.Cc1ccc(S(=O)(=O)OCC2CCCN2C(=O)OC(C)(C)C)cc1.FCCBr. The number of alkyl halides is 3. The van der Waals surface area contributed by atoms with E-state index < -0.39 is 38.6 Å². The first-order valence-electron chi connectivity index (χ1n) is 39.5. The number of likely N-dealkylation sites (tertiary alicyclic amines) is 2. The van der Waals surface area contributed by atoms with Gasteiger partial charge in [-0.1, -0.05) is 146 Å². The molecule has 1 amide bonds. The molecular formula is C85H116BrCl3F2N6O11S. The summed E-state index contributed by atoms with van der Waals surface area (Å²) in [5, 5.41) is 40.8. The Morgan fingerprint density at radius 1 is 0.606 bits per heavy atom. The number of aromatic amines is 1. The highest BCUT2D eigenvalue weighted by atomic mass is 79.9. The van der Waals surface area contributed by atoms with Crippen LogP contribution >= 0.6 is 50.7 Å². The molecule has 3 aliphatic carbocycles. The first kappa shape index (κ1) is 87.7. The third kappa shape index (κ3) is 24.6. The topological polar surface area (TPSA) is 226 Å². The highest BCUT2D eigenvalue weighted by Crippen LogP contribution is 2.41. The zero-order chi connectivity index (χ0) is 78.8. The highest BCUT2D eigenvalue weighted by molar-refractivity contribution is 9.09. The van der Waals surface area contributed by atoms with Gasteiger partial charge in [0, 0.05) is 120 Å². The van der Waals surface area contributed by atoms with E-state index >= 15 is 0 Å². The van der Waals surface area contributed by atoms with Gasteiger partial charge >= 0.3 is 6.09 Å². The number of amides is 1. The molecule has 0 bridgehead atoms. The maximum Gasteiger partial charge on any atom is 0.410 e. The molecule has 3 aromatic heterocycles. The molecule has 13 rings (SSSR count). The van der Waals surface area contributed by atoms with E-state index in [2.05, 4.69) is 61.0 Å². The predicted molar refractivity (Wildman–Crippen MR) is 437 cm³/mol. The molecule has 3 saturated carbocycles. The van der Waals surface area contributed by atoms with Crippen molar-refractivity contribution in [3.8, 4) is 0 Å². The van der Waals surface area contributed by atoms with E-state index in [0.29, 0.717) is 119 Å². The number of aliphatic hydroxyl groups is 3. The van der Waals surface area contributed by atoms with Crippen molar-refractivity contribution in [3.63, 3.8) is 0 Å². The number of rotatable bonds is 23. The second-order valence-corrected chi connectivity index (χ2v) is 36.4. The Kier molecular flexibility index (Phi) is 32.3. The lowest BCUT2D eigenvalue weighted by Crippen LogP contribution is -2.42. The van der Waals surface area contributed by atoms with Crippen LogP contribution in [0.25, 0.3) is 32.7 Å². The van der Waals surface area contributed by atoms with Gasteiger partial charge < -0.3 is 44.4 Å². The van der Waals surface area contributed by atoms with Crippen LogP contribution in [0.5, 0.6) is 0 Å². The molecule has 17 nitrogen and oxygen atoms in total. The fourth-order valence-electron chi connectivity index (χ4n) is 17.1. The van der Waals surface area contributed by atoms with Crippen LogP contribution in [0.4, 0.5) is 13.6 Å². The lowest BCUT2D eigenvalue weighted by molar-refractivity contribution is -0.0207. The second kappa shape index (κ2) is 40.1. The number of benzene rings is 4. The Hall–Kier alpha value is -5.30. The van der Waals surface area contributed by atoms with Crippen molar-refractivity contribution in [1.29, 1.82) is 0 Å². The van der Waals surface area contributed by atoms with Crippen LogP contribution in [0, 0.1) is 24.7 Å². The Morgan fingerprint density at radius 2 is 1.08 bits per heavy atom. The first-order valence-corrected chi connectivity index (χ1v) is 43.2. The van der Waals surface area contributed by atoms with Crippen molar-refractivity contribution in [3.05, 3.63) is 135 Å². The highest BCUT2D eigenvalue weighted by Gasteiger charge is 2.38. The Labute approximate surface area is 667 Å². The number of halogens is 6. The normalized spacial score (nSPS) is 24.5. The number of ketones is 3. The van der Waals surface area contributed by atoms with E-state index in [4.69, 9.17) is 43.7 Å². The number of nitrogens with zero attached hydrogens (tertiary/aromatic N) is 4. The summed E-state index contributed by atoms with van der Waals surface area (Å²) in [7, 11) is -3.83. The van der Waals surface area contributed by atoms with E-state index in [1.807, 2.05) is 67.8 Å². The minimum Gasteiger partial charge on any atom is -0.444 e. The summed E-state index contributed by atoms with van der Waals surface area (Å²) < 4.78 is 62.9. The minimum atomic E-state index is -3.83. The van der Waals surface area contributed by atoms with Gasteiger partial charge in [-0.25, -0.2) is 9.18 Å². The number of Topliss-reactive ketones (excluding diaryl/α,β-unsaturated/α-hetero) is 3. The van der Waals surface area contributed by atoms with Gasteiger partial charge in [-0.15, -0.1) is 0 Å². The van der Waals surface area contributed by atoms with Crippen molar-refractivity contribution < 1.29 is 60.6 Å². The van der Waals surface area contributed by atoms with E-state index in [1.54, 1.807) is 50.1 Å². The molecule has 6 aliphatic rings. The molecule has 6 fully saturated rings. The summed E-state index contributed by atoms with van der Waals surface area (Å²) in [5.74, 6) is 1.74. The van der Waals surface area contributed by atoms with Crippen molar-refractivity contribution >= 4 is 117 Å². The fraction of sp³-hybridized carbons (Fsp3) is 0.600. The smallest absolute Gasteiger partial charge is 0.410 e. The van der Waals surface area contributed by atoms with Crippen molar-refractivity contribution in [2.24, 2.45) is 17.8 Å². The maximum atomic E-state index is 13.3. The number of carbonyl (C=O) groups excluding carboxylic acids is 4. The van der Waals surface area contributed by atoms with Gasteiger partial charge in [-0.05, 0) is 203 Å². The molecule has 4 aromatic carbocycles. The average molecular weight is 1650 g/mol. The number of ether oxygens (including phenoxy) is 1. The molecule has 9 unspecified atom stereocenters. The summed E-state index contributed by atoms with van der Waals surface area (Å²) in [6.45, 7) is 17.8. The van der Waals surface area contributed by atoms with Gasteiger partial charge in [0.2, 0.25) is 0 Å². The lowest BCUT2D eigenvalue weighted by Gasteiger charge is -2.35. The number of aryl methyl sites for hydroxylation is 1. The van der Waals surface area contributed by atoms with Gasteiger partial charge in [0.05, 0.1) is 67.1 Å². The van der Waals surface area contributed by atoms with E-state index in [0.717, 1.165) is 154 Å². The Balaban J connectivity index is 0.000000166. The predicted octanol–water partition coefficient (Wildman–Crippen LogP) is 19.8. The summed E-state index contributed by atoms with van der Waals surface area (Å²) in [5.41, 5.74) is 3.11. The molecule has 109 heavy (non-hydrogen) atoms. The van der Waals surface area contributed by atoms with Crippen LogP contribution in [-0.2, 0) is 32.1 Å². The van der Waals surface area contributed by atoms with Crippen LogP contribution in [0.15, 0.2) is 102 Å². The third-order valence-corrected chi connectivity index (χ3v) is 25.1. The fourth-order valence-corrected chi connectivity index (χ4v) is 18.9. The summed E-state index contributed by atoms with van der Waals surface area (Å²) in [6, 6.07) is 24.1. The van der Waals surface area contributed by atoms with Gasteiger partial charge in [-0.2, -0.15) is 8.42 Å². The number of H-pyrrole nitrogens is 1. The molecule has 24 heteroatoms. The van der Waals surface area contributed by atoms with E-state index in [-0.39, 0.29) is 54.3 Å². The summed E-state index contributed by atoms with van der Waals surface area (Å²) in [6.07, 6.45) is 25.2. The lowest BCUT2D eigenvalue weighted by atomic mass is 9.76. The first-order chi connectivity index (χ1) is 51.8. The molecule has 0 radical (unpaired) electrons. The average Bonchev–Trinajstić information content (AvgIpc) is 1.63. The largest absolute Gasteiger partial charge is 0.444 e. The number of nitrogens with one attached hydrogen (secondary N) is 2. The number of carbonyl (C=O) groups is 4.